The Kier molecular flexibility index (Phi) is 6.84. The zero-order valence-corrected chi connectivity index (χ0v) is 24.2. The molecule has 1 spiro atoms. The molecule has 3 aromatic rings. The Balaban J connectivity index is 1.37. The zero-order chi connectivity index (χ0) is 27.2. The molecule has 1 aliphatic heterocycles. The van der Waals surface area contributed by atoms with Crippen LogP contribution in [0.15, 0.2) is 103 Å². The molecule has 1 saturated heterocycles. The number of rotatable bonds is 5. The minimum absolute atomic E-state index is 0.00642. The Morgan fingerprint density at radius 2 is 1.32 bits per heavy atom. The van der Waals surface area contributed by atoms with Crippen LogP contribution in [0.3, 0.4) is 0 Å². The molecule has 3 aromatic carbocycles. The van der Waals surface area contributed by atoms with Gasteiger partial charge in [0.2, 0.25) is 0 Å². The van der Waals surface area contributed by atoms with E-state index in [0.717, 1.165) is 44.1 Å². The summed E-state index contributed by atoms with van der Waals surface area (Å²) >= 11 is 0. The van der Waals surface area contributed by atoms with Crippen molar-refractivity contribution in [3.8, 4) is 0 Å². The van der Waals surface area contributed by atoms with Crippen molar-refractivity contribution in [1.29, 1.82) is 0 Å². The molecule has 5 atom stereocenters. The maximum Gasteiger partial charge on any atom is 0.288 e. The van der Waals surface area contributed by atoms with Crippen LogP contribution in [-0.4, -0.2) is 44.6 Å². The molecular weight excluding hydrogens is 512 g/mol. The summed E-state index contributed by atoms with van der Waals surface area (Å²) in [6, 6.07) is 32.4. The highest BCUT2D eigenvalue weighted by Gasteiger charge is 2.65. The van der Waals surface area contributed by atoms with E-state index >= 15 is 0 Å². The monoisotopic (exact) mass is 552 g/mol. The minimum atomic E-state index is -2.95. The molecule has 2 bridgehead atoms. The van der Waals surface area contributed by atoms with Crippen LogP contribution in [0, 0.1) is 17.3 Å². The number of ether oxygens (including phenoxy) is 2. The number of benzene rings is 3. The van der Waals surface area contributed by atoms with Gasteiger partial charge in [0, 0.05) is 12.3 Å². The zero-order valence-electron chi connectivity index (χ0n) is 23.2. The van der Waals surface area contributed by atoms with Crippen LogP contribution in [0.5, 0.6) is 0 Å². The fraction of sp³-hybridized carbons (Fsp3) is 0.429. The summed E-state index contributed by atoms with van der Waals surface area (Å²) in [5, 5.41) is 15.4. The van der Waals surface area contributed by atoms with E-state index in [4.69, 9.17) is 13.9 Å². The summed E-state index contributed by atoms with van der Waals surface area (Å²) in [5.41, 5.74) is 1.03. The van der Waals surface area contributed by atoms with Crippen LogP contribution >= 0.6 is 0 Å². The molecule has 3 unspecified atom stereocenters. The first-order valence-electron chi connectivity index (χ1n) is 15.0. The van der Waals surface area contributed by atoms with Gasteiger partial charge in [0.25, 0.3) is 8.32 Å². The van der Waals surface area contributed by atoms with E-state index in [1.807, 2.05) is 0 Å². The normalized spacial score (nSPS) is 31.5. The quantitative estimate of drug-likeness (QED) is 0.284. The average molecular weight is 553 g/mol. The Morgan fingerprint density at radius 3 is 1.88 bits per heavy atom. The van der Waals surface area contributed by atoms with Crippen LogP contribution in [0.4, 0.5) is 0 Å². The number of aliphatic hydroxyl groups excluding tert-OH is 1. The van der Waals surface area contributed by atoms with Crippen molar-refractivity contribution < 1.29 is 19.0 Å². The predicted molar refractivity (Wildman–Crippen MR) is 160 cm³/mol. The second-order valence-corrected chi connectivity index (χ2v) is 15.8. The Labute approximate surface area is 239 Å². The third kappa shape index (κ3) is 4.17. The van der Waals surface area contributed by atoms with Gasteiger partial charge in [-0.2, -0.15) is 0 Å². The average Bonchev–Trinajstić information content (AvgIpc) is 3.61. The first-order valence-corrected chi connectivity index (χ1v) is 17.0. The highest BCUT2D eigenvalue weighted by Crippen LogP contribution is 2.65. The molecule has 208 valence electrons. The SMILES string of the molecule is C=C1C[C@H](O)C2CCCC3(CCC4(OCCO4)C23)C[C@@H]1O[Si](c1ccccc1)(c1ccccc1)c1ccccc1. The highest BCUT2D eigenvalue weighted by molar-refractivity contribution is 7.07. The lowest BCUT2D eigenvalue weighted by Gasteiger charge is -2.53. The third-order valence-electron chi connectivity index (χ3n) is 10.4. The molecule has 40 heavy (non-hydrogen) atoms. The highest BCUT2D eigenvalue weighted by atomic mass is 28.4. The van der Waals surface area contributed by atoms with Gasteiger partial charge in [0.1, 0.15) is 0 Å². The predicted octanol–water partition coefficient (Wildman–Crippen LogP) is 4.69. The smallest absolute Gasteiger partial charge is 0.288 e. The van der Waals surface area contributed by atoms with E-state index in [1.54, 1.807) is 0 Å². The van der Waals surface area contributed by atoms with E-state index in [9.17, 15) is 5.11 Å². The van der Waals surface area contributed by atoms with Crippen LogP contribution in [0.25, 0.3) is 0 Å². The second kappa shape index (κ2) is 10.4. The van der Waals surface area contributed by atoms with Crippen LogP contribution in [0.2, 0.25) is 0 Å². The van der Waals surface area contributed by atoms with Gasteiger partial charge in [-0.1, -0.05) is 104 Å². The van der Waals surface area contributed by atoms with Crippen molar-refractivity contribution in [3.63, 3.8) is 0 Å². The molecule has 4 fully saturated rings. The summed E-state index contributed by atoms with van der Waals surface area (Å²) in [5.74, 6) is -0.194. The largest absolute Gasteiger partial charge is 0.397 e. The third-order valence-corrected chi connectivity index (χ3v) is 14.5. The molecule has 4 nitrogen and oxygen atoms in total. The van der Waals surface area contributed by atoms with Crippen molar-refractivity contribution in [2.75, 3.05) is 13.2 Å². The number of aliphatic hydroxyl groups is 1. The molecule has 0 aromatic heterocycles. The lowest BCUT2D eigenvalue weighted by molar-refractivity contribution is -0.228. The molecule has 3 saturated carbocycles. The molecule has 1 heterocycles. The number of hydrogen-bond acceptors (Lipinski definition) is 4. The summed E-state index contributed by atoms with van der Waals surface area (Å²) in [6.07, 6.45) is 6.04. The summed E-state index contributed by atoms with van der Waals surface area (Å²) in [4.78, 5) is 0. The molecule has 4 aliphatic rings. The summed E-state index contributed by atoms with van der Waals surface area (Å²) in [7, 11) is -2.95. The maximum absolute atomic E-state index is 11.7. The lowest BCUT2D eigenvalue weighted by atomic mass is 9.56. The van der Waals surface area contributed by atoms with Gasteiger partial charge in [-0.3, -0.25) is 0 Å². The first kappa shape index (κ1) is 26.4. The van der Waals surface area contributed by atoms with Gasteiger partial charge in [0.05, 0.1) is 25.4 Å². The van der Waals surface area contributed by atoms with E-state index in [-0.39, 0.29) is 23.4 Å². The maximum atomic E-state index is 11.7. The standard InChI is InChI=1S/C35H40O4Si/c1-26-24-31(36)30-18-11-19-34(20-21-35(33(30)34)37-22-23-38-35)25-32(26)39-40(27-12-5-2-6-13-27,28-14-7-3-8-15-28)29-16-9-4-10-17-29/h2-10,12-17,30-33,36H,1,11,18-25H2/t30?,31-,32-,33?,34?/m0/s1. The molecule has 1 N–H and O–H groups in total. The fourth-order valence-corrected chi connectivity index (χ4v) is 12.9. The van der Waals surface area contributed by atoms with Crippen molar-refractivity contribution >= 4 is 23.9 Å². The van der Waals surface area contributed by atoms with E-state index in [1.165, 1.54) is 15.6 Å². The van der Waals surface area contributed by atoms with E-state index < -0.39 is 20.2 Å². The molecular formula is C35H40O4Si. The Morgan fingerprint density at radius 1 is 0.775 bits per heavy atom. The van der Waals surface area contributed by atoms with Gasteiger partial charge >= 0.3 is 0 Å². The first-order chi connectivity index (χ1) is 19.6. The molecule has 3 aliphatic carbocycles. The summed E-state index contributed by atoms with van der Waals surface area (Å²) in [6.45, 7) is 5.91. The molecule has 0 amide bonds. The topological polar surface area (TPSA) is 47.9 Å². The molecule has 0 radical (unpaired) electrons. The van der Waals surface area contributed by atoms with Crippen molar-refractivity contribution in [2.24, 2.45) is 17.3 Å². The van der Waals surface area contributed by atoms with Gasteiger partial charge in [-0.05, 0) is 64.6 Å². The van der Waals surface area contributed by atoms with Crippen LogP contribution < -0.4 is 15.6 Å². The van der Waals surface area contributed by atoms with Crippen molar-refractivity contribution in [2.45, 2.75) is 62.9 Å². The van der Waals surface area contributed by atoms with Crippen LogP contribution in [-0.2, 0) is 13.9 Å². The fourth-order valence-electron chi connectivity index (χ4n) is 8.78. The van der Waals surface area contributed by atoms with Gasteiger partial charge in [-0.25, -0.2) is 0 Å². The van der Waals surface area contributed by atoms with Crippen molar-refractivity contribution in [1.82, 2.24) is 0 Å². The Bertz CT molecular complexity index is 1230. The van der Waals surface area contributed by atoms with E-state index in [2.05, 4.69) is 97.6 Å². The van der Waals surface area contributed by atoms with Gasteiger partial charge < -0.3 is 19.0 Å². The Hall–Kier alpha value is -2.54. The molecule has 7 rings (SSSR count). The number of hydrogen-bond donors (Lipinski definition) is 1. The minimum Gasteiger partial charge on any atom is -0.397 e. The van der Waals surface area contributed by atoms with Crippen molar-refractivity contribution in [3.05, 3.63) is 103 Å². The molecule has 5 heteroatoms. The lowest BCUT2D eigenvalue weighted by Crippen LogP contribution is -2.70. The van der Waals surface area contributed by atoms with Gasteiger partial charge in [0.15, 0.2) is 5.79 Å². The summed E-state index contributed by atoms with van der Waals surface area (Å²) < 4.78 is 20.6. The second-order valence-electron chi connectivity index (χ2n) is 12.4. The van der Waals surface area contributed by atoms with Crippen LogP contribution in [0.1, 0.15) is 44.9 Å². The van der Waals surface area contributed by atoms with Gasteiger partial charge in [-0.15, -0.1) is 0 Å². The van der Waals surface area contributed by atoms with E-state index in [0.29, 0.717) is 19.6 Å².